The van der Waals surface area contributed by atoms with Crippen molar-refractivity contribution < 1.29 is 9.90 Å². The summed E-state index contributed by atoms with van der Waals surface area (Å²) in [5, 5.41) is 9.34. The van der Waals surface area contributed by atoms with Crippen LogP contribution in [0.2, 0.25) is 0 Å². The number of aliphatic hydroxyl groups is 1. The Kier molecular flexibility index (Phi) is 6.35. The van der Waals surface area contributed by atoms with E-state index in [0.717, 1.165) is 19.3 Å². The van der Waals surface area contributed by atoms with Gasteiger partial charge in [0.25, 0.3) is 0 Å². The molecule has 2 unspecified atom stereocenters. The first kappa shape index (κ1) is 12.9. The first-order chi connectivity index (χ1) is 6.00. The minimum absolute atomic E-state index is 0.00496. The predicted molar refractivity (Wildman–Crippen MR) is 55.0 cm³/mol. The molecule has 2 nitrogen and oxygen atoms in total. The zero-order valence-corrected chi connectivity index (χ0v) is 9.34. The van der Waals surface area contributed by atoms with Gasteiger partial charge in [0, 0.05) is 5.92 Å². The van der Waals surface area contributed by atoms with Crippen molar-refractivity contribution >= 4 is 17.4 Å². The van der Waals surface area contributed by atoms with Crippen molar-refractivity contribution in [2.75, 3.05) is 0 Å². The standard InChI is InChI=1S/C10H19ClO2/c1-4-5-6-9(11)10(13)7(2)8(3)12/h7,9-10,13H,4-6H2,1-3H3/t7?,9?,10-/m0/s1. The van der Waals surface area contributed by atoms with E-state index in [2.05, 4.69) is 6.92 Å². The van der Waals surface area contributed by atoms with Crippen LogP contribution in [-0.4, -0.2) is 22.4 Å². The highest BCUT2D eigenvalue weighted by Gasteiger charge is 2.25. The lowest BCUT2D eigenvalue weighted by atomic mass is 9.95. The second-order valence-corrected chi connectivity index (χ2v) is 4.11. The van der Waals surface area contributed by atoms with E-state index < -0.39 is 6.10 Å². The third kappa shape index (κ3) is 4.63. The summed E-state index contributed by atoms with van der Waals surface area (Å²) in [5.41, 5.74) is 0. The molecule has 78 valence electrons. The number of halogens is 1. The van der Waals surface area contributed by atoms with Crippen molar-refractivity contribution in [2.24, 2.45) is 5.92 Å². The molecule has 0 aromatic heterocycles. The third-order valence-electron chi connectivity index (χ3n) is 2.36. The van der Waals surface area contributed by atoms with Gasteiger partial charge in [-0.15, -0.1) is 11.6 Å². The van der Waals surface area contributed by atoms with Gasteiger partial charge in [0.2, 0.25) is 0 Å². The Bertz CT molecular complexity index is 159. The Labute approximate surface area is 85.3 Å². The summed E-state index contributed by atoms with van der Waals surface area (Å²) in [6.07, 6.45) is 2.13. The van der Waals surface area contributed by atoms with Gasteiger partial charge in [-0.05, 0) is 13.3 Å². The molecule has 0 spiro atoms. The van der Waals surface area contributed by atoms with E-state index in [1.807, 2.05) is 0 Å². The van der Waals surface area contributed by atoms with Crippen molar-refractivity contribution in [3.8, 4) is 0 Å². The molecule has 0 saturated heterocycles. The van der Waals surface area contributed by atoms with Gasteiger partial charge < -0.3 is 5.11 Å². The van der Waals surface area contributed by atoms with Gasteiger partial charge in [-0.25, -0.2) is 0 Å². The van der Waals surface area contributed by atoms with E-state index in [-0.39, 0.29) is 17.1 Å². The Hall–Kier alpha value is -0.0800. The fourth-order valence-corrected chi connectivity index (χ4v) is 1.50. The van der Waals surface area contributed by atoms with E-state index in [1.165, 1.54) is 6.92 Å². The Morgan fingerprint density at radius 3 is 2.46 bits per heavy atom. The number of unbranched alkanes of at least 4 members (excludes halogenated alkanes) is 1. The highest BCUT2D eigenvalue weighted by atomic mass is 35.5. The number of alkyl halides is 1. The summed E-state index contributed by atoms with van der Waals surface area (Å²) in [5.74, 6) is -0.353. The Morgan fingerprint density at radius 2 is 2.08 bits per heavy atom. The van der Waals surface area contributed by atoms with Crippen LogP contribution >= 0.6 is 11.6 Å². The zero-order chi connectivity index (χ0) is 10.4. The lowest BCUT2D eigenvalue weighted by Gasteiger charge is -2.21. The number of carbonyl (C=O) groups excluding carboxylic acids is 1. The minimum Gasteiger partial charge on any atom is -0.391 e. The summed E-state index contributed by atoms with van der Waals surface area (Å²) in [4.78, 5) is 10.9. The van der Waals surface area contributed by atoms with Crippen LogP contribution < -0.4 is 0 Å². The SMILES string of the molecule is CCCCC(Cl)[C@@H](O)C(C)C(C)=O. The lowest BCUT2D eigenvalue weighted by Crippen LogP contribution is -2.32. The summed E-state index contributed by atoms with van der Waals surface area (Å²) in [7, 11) is 0. The number of rotatable bonds is 6. The molecule has 0 rings (SSSR count). The molecule has 1 N–H and O–H groups in total. The average molecular weight is 207 g/mol. The van der Waals surface area contributed by atoms with Gasteiger partial charge in [0.05, 0.1) is 11.5 Å². The van der Waals surface area contributed by atoms with Crippen LogP contribution in [0.3, 0.4) is 0 Å². The largest absolute Gasteiger partial charge is 0.391 e. The van der Waals surface area contributed by atoms with Crippen molar-refractivity contribution in [2.45, 2.75) is 51.5 Å². The van der Waals surface area contributed by atoms with Gasteiger partial charge >= 0.3 is 0 Å². The first-order valence-electron chi connectivity index (χ1n) is 4.83. The van der Waals surface area contributed by atoms with E-state index in [4.69, 9.17) is 11.6 Å². The van der Waals surface area contributed by atoms with E-state index in [9.17, 15) is 9.90 Å². The van der Waals surface area contributed by atoms with Gasteiger partial charge in [-0.1, -0.05) is 26.7 Å². The number of aliphatic hydroxyl groups excluding tert-OH is 1. The maximum absolute atomic E-state index is 10.9. The van der Waals surface area contributed by atoms with Gasteiger partial charge in [-0.2, -0.15) is 0 Å². The number of carbonyl (C=O) groups is 1. The van der Waals surface area contributed by atoms with Crippen LogP contribution in [0, 0.1) is 5.92 Å². The molecule has 0 heterocycles. The molecule has 0 aliphatic heterocycles. The Balaban J connectivity index is 3.93. The van der Waals surface area contributed by atoms with Crippen LogP contribution in [0.25, 0.3) is 0 Å². The molecule has 0 fully saturated rings. The molecule has 0 saturated carbocycles. The molecule has 13 heavy (non-hydrogen) atoms. The number of Topliss-reactive ketones (excluding diaryl/α,β-unsaturated/α-hetero) is 1. The molecule has 0 aliphatic rings. The topological polar surface area (TPSA) is 37.3 Å². The number of hydrogen-bond acceptors (Lipinski definition) is 2. The number of ketones is 1. The van der Waals surface area contributed by atoms with E-state index >= 15 is 0 Å². The molecule has 3 heteroatoms. The molecule has 0 bridgehead atoms. The maximum atomic E-state index is 10.9. The molecule has 3 atom stereocenters. The monoisotopic (exact) mass is 206 g/mol. The zero-order valence-electron chi connectivity index (χ0n) is 8.59. The van der Waals surface area contributed by atoms with Crippen LogP contribution in [0.1, 0.15) is 40.0 Å². The van der Waals surface area contributed by atoms with Gasteiger partial charge in [0.1, 0.15) is 5.78 Å². The molecule has 0 amide bonds. The number of hydrogen-bond donors (Lipinski definition) is 1. The third-order valence-corrected chi connectivity index (χ3v) is 2.83. The minimum atomic E-state index is -0.703. The van der Waals surface area contributed by atoms with Crippen molar-refractivity contribution in [1.82, 2.24) is 0 Å². The van der Waals surface area contributed by atoms with E-state index in [1.54, 1.807) is 6.92 Å². The summed E-state index contributed by atoms with van der Waals surface area (Å²) < 4.78 is 0. The second-order valence-electron chi connectivity index (χ2n) is 3.55. The van der Waals surface area contributed by atoms with Crippen molar-refractivity contribution in [3.05, 3.63) is 0 Å². The van der Waals surface area contributed by atoms with Crippen LogP contribution in [0.4, 0.5) is 0 Å². The molecule has 0 radical (unpaired) electrons. The van der Waals surface area contributed by atoms with Crippen molar-refractivity contribution in [1.29, 1.82) is 0 Å². The highest BCUT2D eigenvalue weighted by molar-refractivity contribution is 6.21. The average Bonchev–Trinajstić information content (AvgIpc) is 2.11. The fraction of sp³-hybridized carbons (Fsp3) is 0.900. The summed E-state index contributed by atoms with van der Waals surface area (Å²) in [6.45, 7) is 5.27. The van der Waals surface area contributed by atoms with Gasteiger partial charge in [-0.3, -0.25) is 4.79 Å². The second kappa shape index (κ2) is 6.39. The smallest absolute Gasteiger partial charge is 0.135 e. The normalized spacial score (nSPS) is 17.9. The summed E-state index contributed by atoms with van der Waals surface area (Å²) >= 11 is 5.95. The maximum Gasteiger partial charge on any atom is 0.135 e. The van der Waals surface area contributed by atoms with Crippen LogP contribution in [0.15, 0.2) is 0 Å². The molecular formula is C10H19ClO2. The Morgan fingerprint density at radius 1 is 1.54 bits per heavy atom. The quantitative estimate of drug-likeness (QED) is 0.678. The van der Waals surface area contributed by atoms with Crippen molar-refractivity contribution in [3.63, 3.8) is 0 Å². The highest BCUT2D eigenvalue weighted by Crippen LogP contribution is 2.18. The van der Waals surface area contributed by atoms with Crippen LogP contribution in [-0.2, 0) is 4.79 Å². The lowest BCUT2D eigenvalue weighted by molar-refractivity contribution is -0.123. The summed E-state index contributed by atoms with van der Waals surface area (Å²) in [6, 6.07) is 0. The van der Waals surface area contributed by atoms with Crippen LogP contribution in [0.5, 0.6) is 0 Å². The fourth-order valence-electron chi connectivity index (χ4n) is 1.12. The van der Waals surface area contributed by atoms with Gasteiger partial charge in [0.15, 0.2) is 0 Å². The predicted octanol–water partition coefficient (Wildman–Crippen LogP) is 2.37. The van der Waals surface area contributed by atoms with E-state index in [0.29, 0.717) is 0 Å². The first-order valence-corrected chi connectivity index (χ1v) is 5.27. The molecular weight excluding hydrogens is 188 g/mol. The molecule has 0 aromatic carbocycles. The molecule has 0 aliphatic carbocycles. The molecule has 0 aromatic rings.